The Kier molecular flexibility index (Phi) is 3.86. The largest absolute Gasteiger partial charge is 0.497 e. The van der Waals surface area contributed by atoms with Gasteiger partial charge in [-0.3, -0.25) is 14.4 Å². The first-order chi connectivity index (χ1) is 12.1. The molecule has 4 rings (SSSR count). The number of amides is 1. The average molecular weight is 345 g/mol. The lowest BCUT2D eigenvalue weighted by molar-refractivity contribution is -0.157. The Labute approximate surface area is 144 Å². The van der Waals surface area contributed by atoms with E-state index in [1.54, 1.807) is 31.4 Å². The second-order valence-corrected chi connectivity index (χ2v) is 6.81. The number of rotatable bonds is 5. The van der Waals surface area contributed by atoms with Crippen molar-refractivity contribution in [3.63, 3.8) is 0 Å². The summed E-state index contributed by atoms with van der Waals surface area (Å²) in [5, 5.41) is 2.65. The summed E-state index contributed by atoms with van der Waals surface area (Å²) in [4.78, 5) is 36.3. The maximum absolute atomic E-state index is 12.4. The van der Waals surface area contributed by atoms with E-state index in [1.165, 1.54) is 0 Å². The first kappa shape index (κ1) is 15.9. The molecule has 7 heteroatoms. The molecule has 7 nitrogen and oxygen atoms in total. The first-order valence-corrected chi connectivity index (χ1v) is 8.38. The van der Waals surface area contributed by atoms with Crippen LogP contribution in [0.4, 0.5) is 5.69 Å². The minimum absolute atomic E-state index is 0.0232. The number of carbonyl (C=O) groups is 3. The van der Waals surface area contributed by atoms with Crippen molar-refractivity contribution in [1.29, 1.82) is 0 Å². The smallest absolute Gasteiger partial charge is 0.310 e. The second kappa shape index (κ2) is 6.06. The number of hydrogen-bond acceptors (Lipinski definition) is 6. The number of ether oxygens (including phenoxy) is 3. The van der Waals surface area contributed by atoms with Crippen LogP contribution in [-0.2, 0) is 23.9 Å². The third-order valence-electron chi connectivity index (χ3n) is 5.47. The molecule has 3 aliphatic rings. The van der Waals surface area contributed by atoms with Crippen LogP contribution in [0.1, 0.15) is 12.8 Å². The number of methoxy groups -OCH3 is 1. The van der Waals surface area contributed by atoms with Crippen LogP contribution in [0.5, 0.6) is 5.75 Å². The molecule has 25 heavy (non-hydrogen) atoms. The molecule has 5 atom stereocenters. The van der Waals surface area contributed by atoms with Crippen LogP contribution >= 0.6 is 0 Å². The van der Waals surface area contributed by atoms with Crippen LogP contribution < -0.4 is 10.1 Å². The van der Waals surface area contributed by atoms with Crippen LogP contribution in [0.3, 0.4) is 0 Å². The third-order valence-corrected chi connectivity index (χ3v) is 5.47. The van der Waals surface area contributed by atoms with Gasteiger partial charge >= 0.3 is 11.9 Å². The number of carbonyl (C=O) groups excluding carboxylic acids is 3. The van der Waals surface area contributed by atoms with Crippen molar-refractivity contribution in [3.05, 3.63) is 24.3 Å². The molecule has 132 valence electrons. The Morgan fingerprint density at radius 1 is 1.24 bits per heavy atom. The normalized spacial score (nSPS) is 31.6. The van der Waals surface area contributed by atoms with Gasteiger partial charge in [0.15, 0.2) is 6.61 Å². The summed E-state index contributed by atoms with van der Waals surface area (Å²) in [5.74, 6) is -1.09. The summed E-state index contributed by atoms with van der Waals surface area (Å²) >= 11 is 0. The predicted octanol–water partition coefficient (Wildman–Crippen LogP) is 1.37. The van der Waals surface area contributed by atoms with Crippen molar-refractivity contribution in [1.82, 2.24) is 0 Å². The lowest BCUT2D eigenvalue weighted by Gasteiger charge is -2.22. The van der Waals surface area contributed by atoms with Crippen LogP contribution in [0.15, 0.2) is 24.3 Å². The zero-order chi connectivity index (χ0) is 17.6. The summed E-state index contributed by atoms with van der Waals surface area (Å²) in [5.41, 5.74) is 0.587. The number of benzene rings is 1. The first-order valence-electron chi connectivity index (χ1n) is 8.38. The number of anilines is 1. The van der Waals surface area contributed by atoms with Crippen molar-refractivity contribution < 1.29 is 28.6 Å². The molecule has 3 fully saturated rings. The number of hydrogen-bond donors (Lipinski definition) is 1. The Bertz CT molecular complexity index is 713. The molecule has 0 spiro atoms. The fraction of sp³-hybridized carbons (Fsp3) is 0.500. The van der Waals surface area contributed by atoms with E-state index in [0.717, 1.165) is 12.8 Å². The van der Waals surface area contributed by atoms with E-state index in [2.05, 4.69) is 5.32 Å². The maximum Gasteiger partial charge on any atom is 0.310 e. The van der Waals surface area contributed by atoms with Gasteiger partial charge < -0.3 is 19.5 Å². The van der Waals surface area contributed by atoms with Gasteiger partial charge in [0.25, 0.3) is 5.91 Å². The molecule has 1 aromatic rings. The monoisotopic (exact) mass is 345 g/mol. The Morgan fingerprint density at radius 3 is 2.72 bits per heavy atom. The van der Waals surface area contributed by atoms with Gasteiger partial charge in [-0.15, -0.1) is 0 Å². The van der Waals surface area contributed by atoms with E-state index in [1.807, 2.05) is 0 Å². The summed E-state index contributed by atoms with van der Waals surface area (Å²) in [7, 11) is 1.56. The van der Waals surface area contributed by atoms with Crippen molar-refractivity contribution in [2.24, 2.45) is 23.7 Å². The molecule has 1 aromatic carbocycles. The molecule has 2 saturated carbocycles. The van der Waals surface area contributed by atoms with Crippen LogP contribution in [0, 0.1) is 23.7 Å². The molecule has 2 aliphatic carbocycles. The fourth-order valence-corrected chi connectivity index (χ4v) is 4.43. The standard InChI is InChI=1S/C18H19NO6/c1-23-11-4-2-10(3-5-11)19-14(20)8-24-17(21)15-9-6-12-13(7-9)25-18(22)16(12)15/h2-5,9,12-13,15-16H,6-8H2,1H3,(H,19,20)/t9-,12+,13-,15+,16+/m1/s1. The van der Waals surface area contributed by atoms with Crippen molar-refractivity contribution >= 4 is 23.5 Å². The van der Waals surface area contributed by atoms with Crippen LogP contribution in [0.25, 0.3) is 0 Å². The molecule has 0 radical (unpaired) electrons. The lowest BCUT2D eigenvalue weighted by Crippen LogP contribution is -2.34. The van der Waals surface area contributed by atoms with E-state index in [0.29, 0.717) is 11.4 Å². The van der Waals surface area contributed by atoms with Gasteiger partial charge in [-0.05, 0) is 43.0 Å². The van der Waals surface area contributed by atoms with Crippen molar-refractivity contribution in [3.8, 4) is 5.75 Å². The summed E-state index contributed by atoms with van der Waals surface area (Å²) in [6.07, 6.45) is 1.54. The highest BCUT2D eigenvalue weighted by Gasteiger charge is 2.64. The van der Waals surface area contributed by atoms with Crippen molar-refractivity contribution in [2.45, 2.75) is 18.9 Å². The van der Waals surface area contributed by atoms with Gasteiger partial charge in [-0.2, -0.15) is 0 Å². The van der Waals surface area contributed by atoms with Gasteiger partial charge in [0.2, 0.25) is 0 Å². The average Bonchev–Trinajstić information content (AvgIpc) is 3.22. The van der Waals surface area contributed by atoms with Crippen LogP contribution in [0.2, 0.25) is 0 Å². The highest BCUT2D eigenvalue weighted by molar-refractivity contribution is 5.93. The second-order valence-electron chi connectivity index (χ2n) is 6.81. The van der Waals surface area contributed by atoms with E-state index in [-0.39, 0.29) is 36.4 Å². The van der Waals surface area contributed by atoms with E-state index >= 15 is 0 Å². The molecule has 0 unspecified atom stereocenters. The number of nitrogens with one attached hydrogen (secondary N) is 1. The van der Waals surface area contributed by atoms with Gasteiger partial charge in [0.05, 0.1) is 18.9 Å². The van der Waals surface area contributed by atoms with Gasteiger partial charge in [-0.25, -0.2) is 0 Å². The van der Waals surface area contributed by atoms with E-state index in [4.69, 9.17) is 14.2 Å². The molecular weight excluding hydrogens is 326 g/mol. The highest BCUT2D eigenvalue weighted by Crippen LogP contribution is 2.57. The van der Waals surface area contributed by atoms with E-state index in [9.17, 15) is 14.4 Å². The summed E-state index contributed by atoms with van der Waals surface area (Å²) < 4.78 is 15.5. The van der Waals surface area contributed by atoms with Crippen LogP contribution in [-0.4, -0.2) is 37.7 Å². The van der Waals surface area contributed by atoms with Gasteiger partial charge in [0.1, 0.15) is 11.9 Å². The molecule has 1 N–H and O–H groups in total. The molecule has 1 heterocycles. The summed E-state index contributed by atoms with van der Waals surface area (Å²) in [6, 6.07) is 6.84. The topological polar surface area (TPSA) is 90.9 Å². The molecule has 1 aliphatic heterocycles. The van der Waals surface area contributed by atoms with Gasteiger partial charge in [-0.1, -0.05) is 0 Å². The predicted molar refractivity (Wildman–Crippen MR) is 85.7 cm³/mol. The Balaban J connectivity index is 1.31. The minimum atomic E-state index is -0.473. The fourth-order valence-electron chi connectivity index (χ4n) is 4.43. The third kappa shape index (κ3) is 2.73. The zero-order valence-electron chi connectivity index (χ0n) is 13.8. The zero-order valence-corrected chi connectivity index (χ0v) is 13.8. The number of fused-ring (bicyclic) bond motifs is 1. The minimum Gasteiger partial charge on any atom is -0.497 e. The molecule has 1 amide bonds. The van der Waals surface area contributed by atoms with Crippen molar-refractivity contribution in [2.75, 3.05) is 19.0 Å². The molecule has 2 bridgehead atoms. The molecular formula is C18H19NO6. The molecule has 0 aromatic heterocycles. The SMILES string of the molecule is COc1ccc(NC(=O)COC(=O)[C@H]2[C@@H]3C[C@@H]4[C@@H]2C(=O)O[C@@H]4C3)cc1. The highest BCUT2D eigenvalue weighted by atomic mass is 16.6. The Hall–Kier alpha value is -2.57. The molecule has 1 saturated heterocycles. The number of esters is 2. The summed E-state index contributed by atoms with van der Waals surface area (Å²) in [6.45, 7) is -0.371. The maximum atomic E-state index is 12.4. The van der Waals surface area contributed by atoms with E-state index < -0.39 is 17.8 Å². The quantitative estimate of drug-likeness (QED) is 0.811. The van der Waals surface area contributed by atoms with Gasteiger partial charge in [0, 0.05) is 11.6 Å². The lowest BCUT2D eigenvalue weighted by atomic mass is 9.80. The Morgan fingerprint density at radius 2 is 2.00 bits per heavy atom.